The zero-order valence-electron chi connectivity index (χ0n) is 11.0. The van der Waals surface area contributed by atoms with Crippen LogP contribution in [-0.2, 0) is 6.54 Å². The summed E-state index contributed by atoms with van der Waals surface area (Å²) in [6.45, 7) is 2.79. The summed E-state index contributed by atoms with van der Waals surface area (Å²) in [6, 6.07) is 17.6. The van der Waals surface area contributed by atoms with Gasteiger partial charge in [0, 0.05) is 24.4 Å². The van der Waals surface area contributed by atoms with Crippen LogP contribution in [0.1, 0.15) is 21.5 Å². The average molecular weight is 251 g/mol. The van der Waals surface area contributed by atoms with Crippen molar-refractivity contribution in [2.45, 2.75) is 13.5 Å². The van der Waals surface area contributed by atoms with E-state index in [9.17, 15) is 4.79 Å². The monoisotopic (exact) mass is 251 g/mol. The molecule has 0 aliphatic rings. The second-order valence-electron chi connectivity index (χ2n) is 4.43. The average Bonchev–Trinajstić information content (AvgIpc) is 2.46. The van der Waals surface area contributed by atoms with Crippen LogP contribution in [0.3, 0.4) is 0 Å². The van der Waals surface area contributed by atoms with Crippen molar-refractivity contribution in [1.82, 2.24) is 5.32 Å². The number of hydrogen-bond donors (Lipinski definition) is 1. The highest BCUT2D eigenvalue weighted by Gasteiger charge is 1.98. The largest absolute Gasteiger partial charge is 0.387 e. The number of hydrogen-bond acceptors (Lipinski definition) is 2. The maximum atomic E-state index is 11.8. The highest BCUT2D eigenvalue weighted by Crippen LogP contribution is 2.03. The number of nitrogens with one attached hydrogen (secondary N) is 1. The minimum atomic E-state index is 0.0111. The number of aryl methyl sites for hydroxylation is 1. The van der Waals surface area contributed by atoms with E-state index in [2.05, 4.69) is 36.5 Å². The molecular formula is C17H17NO. The summed E-state index contributed by atoms with van der Waals surface area (Å²) in [5.41, 5.74) is 3.15. The summed E-state index contributed by atoms with van der Waals surface area (Å²) in [7, 11) is 0. The maximum absolute atomic E-state index is 11.8. The van der Waals surface area contributed by atoms with Gasteiger partial charge in [0.05, 0.1) is 0 Å². The van der Waals surface area contributed by atoms with E-state index in [0.29, 0.717) is 5.56 Å². The molecule has 0 saturated heterocycles. The fourth-order valence-electron chi connectivity index (χ4n) is 1.72. The van der Waals surface area contributed by atoms with Crippen molar-refractivity contribution in [3.05, 3.63) is 83.6 Å². The Morgan fingerprint density at radius 2 is 1.74 bits per heavy atom. The summed E-state index contributed by atoms with van der Waals surface area (Å²) < 4.78 is 0. The van der Waals surface area contributed by atoms with Crippen molar-refractivity contribution < 1.29 is 4.79 Å². The Balaban J connectivity index is 1.84. The van der Waals surface area contributed by atoms with Crippen LogP contribution in [0, 0.1) is 6.92 Å². The van der Waals surface area contributed by atoms with E-state index in [1.807, 2.05) is 30.3 Å². The minimum absolute atomic E-state index is 0.0111. The van der Waals surface area contributed by atoms with E-state index >= 15 is 0 Å². The molecule has 0 radical (unpaired) electrons. The molecule has 2 aromatic carbocycles. The number of carbonyl (C=O) groups is 1. The minimum Gasteiger partial charge on any atom is -0.387 e. The van der Waals surface area contributed by atoms with Crippen molar-refractivity contribution in [2.75, 3.05) is 0 Å². The molecule has 2 aromatic rings. The normalized spacial score (nSPS) is 10.6. The van der Waals surface area contributed by atoms with Gasteiger partial charge >= 0.3 is 0 Å². The molecule has 0 aliphatic carbocycles. The highest BCUT2D eigenvalue weighted by atomic mass is 16.1. The topological polar surface area (TPSA) is 29.1 Å². The fraction of sp³-hybridized carbons (Fsp3) is 0.118. The molecule has 0 aliphatic heterocycles. The molecule has 0 saturated carbocycles. The molecule has 0 aromatic heterocycles. The van der Waals surface area contributed by atoms with Crippen molar-refractivity contribution in [3.63, 3.8) is 0 Å². The third-order valence-corrected chi connectivity index (χ3v) is 2.84. The van der Waals surface area contributed by atoms with Gasteiger partial charge < -0.3 is 5.32 Å². The zero-order chi connectivity index (χ0) is 13.5. The third kappa shape index (κ3) is 4.11. The van der Waals surface area contributed by atoms with Crippen LogP contribution < -0.4 is 5.32 Å². The first-order valence-corrected chi connectivity index (χ1v) is 6.30. The van der Waals surface area contributed by atoms with Crippen LogP contribution >= 0.6 is 0 Å². The van der Waals surface area contributed by atoms with Crippen LogP contribution in [0.15, 0.2) is 66.9 Å². The Labute approximate surface area is 113 Å². The lowest BCUT2D eigenvalue weighted by atomic mass is 10.1. The van der Waals surface area contributed by atoms with Crippen LogP contribution in [0.25, 0.3) is 0 Å². The summed E-state index contributed by atoms with van der Waals surface area (Å²) in [5.74, 6) is 0.0111. The number of ketones is 1. The molecule has 0 fully saturated rings. The molecule has 0 spiro atoms. The molecule has 1 N–H and O–H groups in total. The van der Waals surface area contributed by atoms with Crippen LogP contribution in [0.5, 0.6) is 0 Å². The predicted octanol–water partition coefficient (Wildman–Crippen LogP) is 3.48. The van der Waals surface area contributed by atoms with E-state index in [-0.39, 0.29) is 5.78 Å². The Bertz CT molecular complexity index is 556. The molecule has 2 nitrogen and oxygen atoms in total. The Hall–Kier alpha value is -2.35. The molecule has 96 valence electrons. The molecule has 0 unspecified atom stereocenters. The zero-order valence-corrected chi connectivity index (χ0v) is 11.0. The predicted molar refractivity (Wildman–Crippen MR) is 77.9 cm³/mol. The van der Waals surface area contributed by atoms with Gasteiger partial charge in [0.25, 0.3) is 0 Å². The van der Waals surface area contributed by atoms with Gasteiger partial charge in [-0.3, -0.25) is 4.79 Å². The Morgan fingerprint density at radius 1 is 1.05 bits per heavy atom. The van der Waals surface area contributed by atoms with E-state index in [1.165, 1.54) is 11.1 Å². The lowest BCUT2D eigenvalue weighted by Gasteiger charge is -2.01. The van der Waals surface area contributed by atoms with Gasteiger partial charge in [0.15, 0.2) is 5.78 Å². The third-order valence-electron chi connectivity index (χ3n) is 2.84. The molecule has 0 bridgehead atoms. The summed E-state index contributed by atoms with van der Waals surface area (Å²) in [6.07, 6.45) is 3.26. The second kappa shape index (κ2) is 6.55. The first kappa shape index (κ1) is 13.1. The molecule has 0 amide bonds. The molecule has 0 heterocycles. The van der Waals surface area contributed by atoms with Crippen molar-refractivity contribution in [2.24, 2.45) is 0 Å². The van der Waals surface area contributed by atoms with E-state index in [4.69, 9.17) is 0 Å². The maximum Gasteiger partial charge on any atom is 0.187 e. The van der Waals surface area contributed by atoms with E-state index in [0.717, 1.165) is 6.54 Å². The Morgan fingerprint density at radius 3 is 2.42 bits per heavy atom. The van der Waals surface area contributed by atoms with Crippen LogP contribution in [0.4, 0.5) is 0 Å². The van der Waals surface area contributed by atoms with E-state index in [1.54, 1.807) is 12.3 Å². The molecule has 19 heavy (non-hydrogen) atoms. The summed E-state index contributed by atoms with van der Waals surface area (Å²) in [4.78, 5) is 11.8. The molecule has 2 heteroatoms. The lowest BCUT2D eigenvalue weighted by Crippen LogP contribution is -2.05. The van der Waals surface area contributed by atoms with Gasteiger partial charge in [-0.15, -0.1) is 0 Å². The first-order chi connectivity index (χ1) is 9.25. The van der Waals surface area contributed by atoms with Crippen LogP contribution in [-0.4, -0.2) is 5.78 Å². The van der Waals surface area contributed by atoms with Crippen molar-refractivity contribution in [1.29, 1.82) is 0 Å². The van der Waals surface area contributed by atoms with Gasteiger partial charge in [-0.05, 0) is 12.5 Å². The number of benzene rings is 2. The fourth-order valence-corrected chi connectivity index (χ4v) is 1.72. The summed E-state index contributed by atoms with van der Waals surface area (Å²) >= 11 is 0. The van der Waals surface area contributed by atoms with Gasteiger partial charge in [-0.2, -0.15) is 0 Å². The molecule has 0 atom stereocenters. The second-order valence-corrected chi connectivity index (χ2v) is 4.43. The van der Waals surface area contributed by atoms with E-state index < -0.39 is 0 Å². The first-order valence-electron chi connectivity index (χ1n) is 6.30. The van der Waals surface area contributed by atoms with Crippen LogP contribution in [0.2, 0.25) is 0 Å². The number of carbonyl (C=O) groups excluding carboxylic acids is 1. The van der Waals surface area contributed by atoms with Gasteiger partial charge in [-0.1, -0.05) is 60.2 Å². The highest BCUT2D eigenvalue weighted by molar-refractivity contribution is 6.04. The molecular weight excluding hydrogens is 234 g/mol. The van der Waals surface area contributed by atoms with Crippen molar-refractivity contribution >= 4 is 5.78 Å². The smallest absolute Gasteiger partial charge is 0.187 e. The lowest BCUT2D eigenvalue weighted by molar-refractivity contribution is 0.104. The van der Waals surface area contributed by atoms with Gasteiger partial charge in [0.2, 0.25) is 0 Å². The SMILES string of the molecule is Cc1ccc(CN/C=C/C(=O)c2ccccc2)cc1. The summed E-state index contributed by atoms with van der Waals surface area (Å²) in [5, 5.41) is 3.12. The van der Waals surface area contributed by atoms with Crippen molar-refractivity contribution in [3.8, 4) is 0 Å². The molecule has 2 rings (SSSR count). The van der Waals surface area contributed by atoms with Gasteiger partial charge in [-0.25, -0.2) is 0 Å². The quantitative estimate of drug-likeness (QED) is 0.651. The standard InChI is InChI=1S/C17H17NO/c1-14-7-9-15(10-8-14)13-18-12-11-17(19)16-5-3-2-4-6-16/h2-12,18H,13H2,1H3/b12-11+. The Kier molecular flexibility index (Phi) is 4.51. The number of rotatable bonds is 5. The number of allylic oxidation sites excluding steroid dienone is 1. The van der Waals surface area contributed by atoms with Gasteiger partial charge in [0.1, 0.15) is 0 Å².